The molecule has 0 bridgehead atoms. The summed E-state index contributed by atoms with van der Waals surface area (Å²) in [4.78, 5) is 32.1. The van der Waals surface area contributed by atoms with E-state index in [0.717, 1.165) is 54.3 Å². The zero-order valence-corrected chi connectivity index (χ0v) is 22.4. The summed E-state index contributed by atoms with van der Waals surface area (Å²) in [6.07, 6.45) is 6.57. The maximum Gasteiger partial charge on any atom is 0.242 e. The predicted molar refractivity (Wildman–Crippen MR) is 155 cm³/mol. The Morgan fingerprint density at radius 2 is 1.61 bits per heavy atom. The number of aromatic amines is 1. The first-order valence-electron chi connectivity index (χ1n) is 13.2. The van der Waals surface area contributed by atoms with Crippen LogP contribution in [0.25, 0.3) is 10.9 Å². The van der Waals surface area contributed by atoms with E-state index < -0.39 is 12.1 Å². The number of benzene rings is 2. The molecule has 7 nitrogen and oxygen atoms in total. The van der Waals surface area contributed by atoms with Gasteiger partial charge in [0.1, 0.15) is 6.04 Å². The van der Waals surface area contributed by atoms with E-state index >= 15 is 0 Å². The molecule has 0 radical (unpaired) electrons. The third-order valence-corrected chi connectivity index (χ3v) is 7.84. The van der Waals surface area contributed by atoms with Gasteiger partial charge in [0.25, 0.3) is 0 Å². The minimum Gasteiger partial charge on any atom is -0.361 e. The highest BCUT2D eigenvalue weighted by Gasteiger charge is 2.24. The van der Waals surface area contributed by atoms with Crippen LogP contribution in [0.1, 0.15) is 33.7 Å². The number of H-pyrrole nitrogens is 1. The molecule has 0 fully saturated rings. The van der Waals surface area contributed by atoms with Crippen LogP contribution in [-0.4, -0.2) is 42.0 Å². The number of hydrogen-bond donors (Lipinski definition) is 5. The van der Waals surface area contributed by atoms with Gasteiger partial charge in [0, 0.05) is 39.8 Å². The molecule has 0 aliphatic rings. The first-order valence-corrected chi connectivity index (χ1v) is 14.1. The number of para-hydroxylation sites is 1. The lowest BCUT2D eigenvalue weighted by Gasteiger charge is -2.21. The third-order valence-electron chi connectivity index (χ3n) is 6.63. The molecule has 0 spiro atoms. The Kier molecular flexibility index (Phi) is 10.1. The van der Waals surface area contributed by atoms with Crippen LogP contribution in [0.4, 0.5) is 0 Å². The van der Waals surface area contributed by atoms with Gasteiger partial charge in [0.2, 0.25) is 11.8 Å². The van der Waals surface area contributed by atoms with Gasteiger partial charge in [-0.1, -0.05) is 48.5 Å². The summed E-state index contributed by atoms with van der Waals surface area (Å²) < 4.78 is 0. The maximum absolute atomic E-state index is 13.2. The largest absolute Gasteiger partial charge is 0.361 e. The fourth-order valence-electron chi connectivity index (χ4n) is 4.53. The van der Waals surface area contributed by atoms with Crippen LogP contribution in [0.2, 0.25) is 0 Å². The van der Waals surface area contributed by atoms with Gasteiger partial charge in [-0.05, 0) is 68.0 Å². The molecule has 2 aromatic heterocycles. The van der Waals surface area contributed by atoms with E-state index in [-0.39, 0.29) is 11.8 Å². The molecular weight excluding hydrogens is 494 g/mol. The SMILES string of the molecule is NCCCCc1ccc(CCNC(=O)[C@H](Cc2ccccc2)NC(=O)[C@@H](N)Cc2c[nH]c3ccccc23)s1. The van der Waals surface area contributed by atoms with E-state index in [1.807, 2.05) is 60.8 Å². The van der Waals surface area contributed by atoms with Gasteiger partial charge >= 0.3 is 0 Å². The first kappa shape index (κ1) is 27.6. The van der Waals surface area contributed by atoms with E-state index in [9.17, 15) is 9.59 Å². The van der Waals surface area contributed by atoms with Crippen LogP contribution in [0.5, 0.6) is 0 Å². The van der Waals surface area contributed by atoms with Crippen molar-refractivity contribution < 1.29 is 9.59 Å². The van der Waals surface area contributed by atoms with E-state index in [1.54, 1.807) is 11.3 Å². The van der Waals surface area contributed by atoms with Crippen molar-refractivity contribution in [2.45, 2.75) is 50.6 Å². The fourth-order valence-corrected chi connectivity index (χ4v) is 5.59. The van der Waals surface area contributed by atoms with Gasteiger partial charge in [-0.2, -0.15) is 0 Å². The lowest BCUT2D eigenvalue weighted by atomic mass is 10.0. The van der Waals surface area contributed by atoms with Crippen molar-refractivity contribution in [2.75, 3.05) is 13.1 Å². The molecule has 2 atom stereocenters. The second-order valence-electron chi connectivity index (χ2n) is 9.58. The summed E-state index contributed by atoms with van der Waals surface area (Å²) in [6, 6.07) is 20.4. The molecule has 8 heteroatoms. The van der Waals surface area contributed by atoms with Crippen LogP contribution in [-0.2, 0) is 35.3 Å². The fraction of sp³-hybridized carbons (Fsp3) is 0.333. The number of nitrogens with one attached hydrogen (secondary N) is 3. The highest BCUT2D eigenvalue weighted by atomic mass is 32.1. The molecule has 0 aliphatic heterocycles. The average Bonchev–Trinajstić information content (AvgIpc) is 3.56. The van der Waals surface area contributed by atoms with Crippen molar-refractivity contribution in [2.24, 2.45) is 11.5 Å². The molecule has 38 heavy (non-hydrogen) atoms. The van der Waals surface area contributed by atoms with Gasteiger partial charge in [0.15, 0.2) is 0 Å². The molecule has 4 rings (SSSR count). The second kappa shape index (κ2) is 13.9. The Labute approximate surface area is 228 Å². The molecule has 200 valence electrons. The number of hydrogen-bond acceptors (Lipinski definition) is 5. The van der Waals surface area contributed by atoms with E-state index in [1.165, 1.54) is 9.75 Å². The van der Waals surface area contributed by atoms with E-state index in [2.05, 4.69) is 27.8 Å². The van der Waals surface area contributed by atoms with Gasteiger partial charge in [-0.25, -0.2) is 0 Å². The number of aryl methyl sites for hydroxylation is 1. The number of unbranched alkanes of at least 4 members (excludes halogenated alkanes) is 1. The highest BCUT2D eigenvalue weighted by Crippen LogP contribution is 2.20. The summed E-state index contributed by atoms with van der Waals surface area (Å²) in [5.74, 6) is -0.548. The molecule has 0 saturated heterocycles. The Morgan fingerprint density at radius 3 is 2.39 bits per heavy atom. The number of carbonyl (C=O) groups excluding carboxylic acids is 2. The van der Waals surface area contributed by atoms with Crippen molar-refractivity contribution in [3.8, 4) is 0 Å². The van der Waals surface area contributed by atoms with Gasteiger partial charge in [-0.3, -0.25) is 9.59 Å². The van der Waals surface area contributed by atoms with Crippen LogP contribution in [0.3, 0.4) is 0 Å². The summed E-state index contributed by atoms with van der Waals surface area (Å²) in [5.41, 5.74) is 14.8. The monoisotopic (exact) mass is 531 g/mol. The number of fused-ring (bicyclic) bond motifs is 1. The third kappa shape index (κ3) is 7.77. The summed E-state index contributed by atoms with van der Waals surface area (Å²) in [7, 11) is 0. The topological polar surface area (TPSA) is 126 Å². The van der Waals surface area contributed by atoms with E-state index in [4.69, 9.17) is 11.5 Å². The van der Waals surface area contributed by atoms with Gasteiger partial charge in [-0.15, -0.1) is 11.3 Å². The standard InChI is InChI=1S/C30H37N5O2S/c31-16-7-6-10-23-13-14-24(38-23)15-17-33-30(37)28(18-21-8-2-1-3-9-21)35-29(36)26(32)19-22-20-34-27-12-5-4-11-25(22)27/h1-5,8-9,11-14,20,26,28,34H,6-7,10,15-19,31-32H2,(H,33,37)(H,35,36)/t26-,28-/m0/s1. The highest BCUT2D eigenvalue weighted by molar-refractivity contribution is 7.12. The molecule has 4 aromatic rings. The zero-order valence-electron chi connectivity index (χ0n) is 21.6. The van der Waals surface area contributed by atoms with Crippen molar-refractivity contribution in [3.05, 3.63) is 93.8 Å². The van der Waals surface area contributed by atoms with Crippen LogP contribution >= 0.6 is 11.3 Å². The number of rotatable bonds is 14. The van der Waals surface area contributed by atoms with Crippen molar-refractivity contribution in [3.63, 3.8) is 0 Å². The van der Waals surface area contributed by atoms with Crippen LogP contribution < -0.4 is 22.1 Å². The average molecular weight is 532 g/mol. The van der Waals surface area contributed by atoms with Crippen molar-refractivity contribution >= 4 is 34.1 Å². The summed E-state index contributed by atoms with van der Waals surface area (Å²) in [6.45, 7) is 1.23. The number of amides is 2. The molecule has 2 amide bonds. The second-order valence-corrected chi connectivity index (χ2v) is 10.8. The normalized spacial score (nSPS) is 12.8. The Bertz CT molecular complexity index is 1320. The van der Waals surface area contributed by atoms with Crippen LogP contribution in [0.15, 0.2) is 72.9 Å². The minimum atomic E-state index is -0.774. The quantitative estimate of drug-likeness (QED) is 0.160. The molecule has 0 unspecified atom stereocenters. The first-order chi connectivity index (χ1) is 18.5. The number of aromatic nitrogens is 1. The summed E-state index contributed by atoms with van der Waals surface area (Å²) in [5, 5.41) is 6.98. The van der Waals surface area contributed by atoms with Crippen LogP contribution in [0, 0.1) is 0 Å². The zero-order chi connectivity index (χ0) is 26.7. The lowest BCUT2D eigenvalue weighted by Crippen LogP contribution is -2.53. The minimum absolute atomic E-state index is 0.207. The molecule has 2 heterocycles. The number of nitrogens with two attached hydrogens (primary N) is 2. The predicted octanol–water partition coefficient (Wildman–Crippen LogP) is 3.47. The van der Waals surface area contributed by atoms with Crippen molar-refractivity contribution in [1.82, 2.24) is 15.6 Å². The molecule has 7 N–H and O–H groups in total. The lowest BCUT2D eigenvalue weighted by molar-refractivity contribution is -0.129. The molecule has 2 aromatic carbocycles. The molecular formula is C30H37N5O2S. The Morgan fingerprint density at radius 1 is 0.868 bits per heavy atom. The van der Waals surface area contributed by atoms with Gasteiger partial charge < -0.3 is 27.1 Å². The maximum atomic E-state index is 13.2. The smallest absolute Gasteiger partial charge is 0.242 e. The van der Waals surface area contributed by atoms with E-state index in [0.29, 0.717) is 19.4 Å². The molecule has 0 saturated carbocycles. The Balaban J connectivity index is 1.34. The Hall–Kier alpha value is -3.46. The van der Waals surface area contributed by atoms with Crippen molar-refractivity contribution in [1.29, 1.82) is 0 Å². The molecule has 0 aliphatic carbocycles. The summed E-state index contributed by atoms with van der Waals surface area (Å²) >= 11 is 1.78. The number of thiophene rings is 1. The number of carbonyl (C=O) groups is 2. The van der Waals surface area contributed by atoms with Gasteiger partial charge in [0.05, 0.1) is 6.04 Å².